The Morgan fingerprint density at radius 2 is 1.50 bits per heavy atom. The molecule has 16 heavy (non-hydrogen) atoms. The van der Waals surface area contributed by atoms with Crippen molar-refractivity contribution in [3.63, 3.8) is 0 Å². The summed E-state index contributed by atoms with van der Waals surface area (Å²) in [4.78, 5) is 0. The van der Waals surface area contributed by atoms with Crippen molar-refractivity contribution in [1.82, 2.24) is 0 Å². The first-order valence-corrected chi connectivity index (χ1v) is 6.38. The highest BCUT2D eigenvalue weighted by Gasteiger charge is 2.47. The average Bonchev–Trinajstić information content (AvgIpc) is 1.97. The van der Waals surface area contributed by atoms with Gasteiger partial charge in [0.05, 0.1) is 6.61 Å². The van der Waals surface area contributed by atoms with Gasteiger partial charge >= 0.3 is 0 Å². The number of nitrogens with two attached hydrogens (primary N) is 1. The minimum atomic E-state index is -0.0682. The first-order valence-electron chi connectivity index (χ1n) is 6.38. The second-order valence-electron chi connectivity index (χ2n) is 7.45. The predicted molar refractivity (Wildman–Crippen MR) is 69.4 cm³/mol. The van der Waals surface area contributed by atoms with E-state index < -0.39 is 0 Å². The molecular weight excluding hydrogens is 198 g/mol. The molecule has 0 aromatic rings. The molecule has 0 aliphatic heterocycles. The Morgan fingerprint density at radius 1 is 1.06 bits per heavy atom. The van der Waals surface area contributed by atoms with Gasteiger partial charge in [-0.3, -0.25) is 0 Å². The van der Waals surface area contributed by atoms with E-state index in [2.05, 4.69) is 34.6 Å². The minimum absolute atomic E-state index is 0.0682. The van der Waals surface area contributed by atoms with Crippen molar-refractivity contribution in [2.45, 2.75) is 59.4 Å². The Labute approximate surface area is 101 Å². The Morgan fingerprint density at radius 3 is 1.88 bits per heavy atom. The van der Waals surface area contributed by atoms with E-state index in [1.807, 2.05) is 0 Å². The summed E-state index contributed by atoms with van der Waals surface area (Å²) in [5.41, 5.74) is 7.28. The van der Waals surface area contributed by atoms with Crippen LogP contribution in [0.1, 0.15) is 53.9 Å². The molecule has 1 aliphatic rings. The van der Waals surface area contributed by atoms with Gasteiger partial charge in [0.2, 0.25) is 0 Å². The number of hydrogen-bond donors (Lipinski definition) is 1. The van der Waals surface area contributed by atoms with Gasteiger partial charge in [-0.15, -0.1) is 0 Å². The molecule has 0 aromatic carbocycles. The Bertz CT molecular complexity index is 229. The Kier molecular flexibility index (Phi) is 3.76. The molecule has 1 atom stereocenters. The van der Waals surface area contributed by atoms with Crippen LogP contribution < -0.4 is 5.73 Å². The third-order valence-electron chi connectivity index (χ3n) is 3.97. The van der Waals surface area contributed by atoms with Crippen LogP contribution in [0.3, 0.4) is 0 Å². The highest BCUT2D eigenvalue weighted by Crippen LogP contribution is 2.51. The van der Waals surface area contributed by atoms with Crippen LogP contribution in [-0.4, -0.2) is 19.3 Å². The van der Waals surface area contributed by atoms with Gasteiger partial charge < -0.3 is 10.5 Å². The second kappa shape index (κ2) is 4.30. The van der Waals surface area contributed by atoms with Gasteiger partial charge in [-0.05, 0) is 36.0 Å². The molecule has 96 valence electrons. The fourth-order valence-electron chi connectivity index (χ4n) is 4.03. The third-order valence-corrected chi connectivity index (χ3v) is 3.97. The molecule has 0 spiro atoms. The van der Waals surface area contributed by atoms with Crippen molar-refractivity contribution < 1.29 is 4.74 Å². The van der Waals surface area contributed by atoms with Gasteiger partial charge in [-0.2, -0.15) is 0 Å². The lowest BCUT2D eigenvalue weighted by Gasteiger charge is -2.52. The molecule has 1 aliphatic carbocycles. The van der Waals surface area contributed by atoms with E-state index in [1.165, 1.54) is 6.42 Å². The molecule has 0 heterocycles. The smallest absolute Gasteiger partial charge is 0.0505 e. The highest BCUT2D eigenvalue weighted by molar-refractivity contribution is 5.03. The summed E-state index contributed by atoms with van der Waals surface area (Å²) in [7, 11) is 1.76. The van der Waals surface area contributed by atoms with Crippen molar-refractivity contribution in [2.75, 3.05) is 13.7 Å². The van der Waals surface area contributed by atoms with Gasteiger partial charge in [-0.25, -0.2) is 0 Å². The predicted octanol–water partition coefficient (Wildman–Crippen LogP) is 3.20. The summed E-state index contributed by atoms with van der Waals surface area (Å²) in [5, 5.41) is 0. The van der Waals surface area contributed by atoms with E-state index in [4.69, 9.17) is 10.5 Å². The Hall–Kier alpha value is -0.0800. The summed E-state index contributed by atoms with van der Waals surface area (Å²) in [6, 6.07) is 0. The molecule has 1 rings (SSSR count). The molecule has 1 unspecified atom stereocenters. The lowest BCUT2D eigenvalue weighted by Crippen LogP contribution is -2.56. The summed E-state index contributed by atoms with van der Waals surface area (Å²) < 4.78 is 5.28. The zero-order chi connectivity index (χ0) is 12.6. The monoisotopic (exact) mass is 227 g/mol. The van der Waals surface area contributed by atoms with Crippen molar-refractivity contribution in [1.29, 1.82) is 0 Å². The number of hydrogen-bond acceptors (Lipinski definition) is 2. The zero-order valence-corrected chi connectivity index (χ0v) is 11.9. The minimum Gasteiger partial charge on any atom is -0.384 e. The lowest BCUT2D eigenvalue weighted by molar-refractivity contribution is 0.000175. The molecule has 0 saturated heterocycles. The first kappa shape index (κ1) is 14.0. The van der Waals surface area contributed by atoms with Gasteiger partial charge in [0.1, 0.15) is 0 Å². The van der Waals surface area contributed by atoms with Gasteiger partial charge in [-0.1, -0.05) is 34.6 Å². The maximum atomic E-state index is 6.66. The van der Waals surface area contributed by atoms with Crippen molar-refractivity contribution >= 4 is 0 Å². The van der Waals surface area contributed by atoms with E-state index in [1.54, 1.807) is 7.11 Å². The fraction of sp³-hybridized carbons (Fsp3) is 1.00. The van der Waals surface area contributed by atoms with E-state index >= 15 is 0 Å². The molecule has 0 aromatic heterocycles. The molecular formula is C14H29NO. The SMILES string of the molecule is COCC(C)C1(N)CC(C)(C)CC(C)(C)C1. The number of methoxy groups -OCH3 is 1. The summed E-state index contributed by atoms with van der Waals surface area (Å²) in [6.45, 7) is 12.4. The summed E-state index contributed by atoms with van der Waals surface area (Å²) in [6.07, 6.45) is 3.47. The summed E-state index contributed by atoms with van der Waals surface area (Å²) >= 11 is 0. The highest BCUT2D eigenvalue weighted by atomic mass is 16.5. The second-order valence-corrected chi connectivity index (χ2v) is 7.45. The van der Waals surface area contributed by atoms with Crippen LogP contribution in [0.15, 0.2) is 0 Å². The molecule has 2 heteroatoms. The van der Waals surface area contributed by atoms with Crippen molar-refractivity contribution in [2.24, 2.45) is 22.5 Å². The molecule has 2 nitrogen and oxygen atoms in total. The molecule has 1 saturated carbocycles. The van der Waals surface area contributed by atoms with Crippen LogP contribution >= 0.6 is 0 Å². The van der Waals surface area contributed by atoms with Crippen LogP contribution in [-0.2, 0) is 4.74 Å². The van der Waals surface area contributed by atoms with Crippen molar-refractivity contribution in [3.8, 4) is 0 Å². The molecule has 0 bridgehead atoms. The van der Waals surface area contributed by atoms with Crippen LogP contribution in [0.5, 0.6) is 0 Å². The lowest BCUT2D eigenvalue weighted by atomic mass is 9.56. The normalized spacial score (nSPS) is 28.7. The van der Waals surface area contributed by atoms with E-state index in [9.17, 15) is 0 Å². The molecule has 1 fully saturated rings. The molecule has 0 amide bonds. The van der Waals surface area contributed by atoms with Crippen LogP contribution in [0.25, 0.3) is 0 Å². The quantitative estimate of drug-likeness (QED) is 0.803. The maximum absolute atomic E-state index is 6.66. The fourth-order valence-corrected chi connectivity index (χ4v) is 4.03. The van der Waals surface area contributed by atoms with Gasteiger partial charge in [0.25, 0.3) is 0 Å². The molecule has 2 N–H and O–H groups in total. The van der Waals surface area contributed by atoms with Crippen LogP contribution in [0, 0.1) is 16.7 Å². The van der Waals surface area contributed by atoms with E-state index in [0.717, 1.165) is 19.4 Å². The van der Waals surface area contributed by atoms with Crippen molar-refractivity contribution in [3.05, 3.63) is 0 Å². The topological polar surface area (TPSA) is 35.2 Å². The van der Waals surface area contributed by atoms with E-state index in [-0.39, 0.29) is 5.54 Å². The summed E-state index contributed by atoms with van der Waals surface area (Å²) in [5.74, 6) is 0.427. The number of ether oxygens (including phenoxy) is 1. The molecule has 0 radical (unpaired) electrons. The third kappa shape index (κ3) is 3.21. The largest absolute Gasteiger partial charge is 0.384 e. The van der Waals surface area contributed by atoms with Gasteiger partial charge in [0, 0.05) is 12.6 Å². The maximum Gasteiger partial charge on any atom is 0.0505 e. The number of rotatable bonds is 3. The van der Waals surface area contributed by atoms with Gasteiger partial charge in [0.15, 0.2) is 0 Å². The standard InChI is InChI=1S/C14H29NO/c1-11(7-16-6)14(15)9-12(2,3)8-13(4,5)10-14/h11H,7-10,15H2,1-6H3. The van der Waals surface area contributed by atoms with Crippen LogP contribution in [0.2, 0.25) is 0 Å². The average molecular weight is 227 g/mol. The van der Waals surface area contributed by atoms with Crippen LogP contribution in [0.4, 0.5) is 0 Å². The Balaban J connectivity index is 2.87. The zero-order valence-electron chi connectivity index (χ0n) is 11.9. The van der Waals surface area contributed by atoms with E-state index in [0.29, 0.717) is 16.7 Å². The first-order chi connectivity index (χ1) is 7.10.